The van der Waals surface area contributed by atoms with Gasteiger partial charge in [0.15, 0.2) is 5.96 Å². The Kier molecular flexibility index (Phi) is 5.40. The fraction of sp³-hybridized carbons (Fsp3) is 0.250. The normalized spacial score (nSPS) is 15.4. The molecule has 0 saturated heterocycles. The van der Waals surface area contributed by atoms with Crippen LogP contribution in [0.15, 0.2) is 47.5 Å². The Morgan fingerprint density at radius 3 is 2.52 bits per heavy atom. The summed E-state index contributed by atoms with van der Waals surface area (Å²) in [5.74, 6) is -0.830. The molecule has 0 spiro atoms. The van der Waals surface area contributed by atoms with Gasteiger partial charge in [0.2, 0.25) is 0 Å². The summed E-state index contributed by atoms with van der Waals surface area (Å²) in [6, 6.07) is 11.9. The first-order valence-electron chi connectivity index (χ1n) is 8.60. The molecular formula is C20H21N3O4. The number of hydrogen-bond donors (Lipinski definition) is 2. The highest BCUT2D eigenvalue weighted by Crippen LogP contribution is 2.35. The minimum Gasteiger partial charge on any atom is -0.465 e. The van der Waals surface area contributed by atoms with Gasteiger partial charge in [0.25, 0.3) is 0 Å². The number of nitrogens with zero attached hydrogens (tertiary/aromatic N) is 1. The standard InChI is InChI=1S/C20H21N3O4/c1-26-18(24)13-6-9-15(10-7-13)27-19(25)16-4-2-3-12-5-8-14(11-17(12)16)23-20(21)22/h5-11,16H,2-4H2,1H3,(H4,21,22,23). The van der Waals surface area contributed by atoms with Crippen LogP contribution in [0, 0.1) is 0 Å². The second-order valence-electron chi connectivity index (χ2n) is 6.30. The third-order valence-corrected chi connectivity index (χ3v) is 4.48. The topological polar surface area (TPSA) is 117 Å². The largest absolute Gasteiger partial charge is 0.465 e. The molecule has 2 aromatic carbocycles. The summed E-state index contributed by atoms with van der Waals surface area (Å²) in [6.45, 7) is 0. The summed E-state index contributed by atoms with van der Waals surface area (Å²) in [6.07, 6.45) is 2.49. The van der Waals surface area contributed by atoms with E-state index in [4.69, 9.17) is 16.2 Å². The van der Waals surface area contributed by atoms with Crippen molar-refractivity contribution >= 4 is 23.6 Å². The average Bonchev–Trinajstić information content (AvgIpc) is 2.67. The predicted octanol–water partition coefficient (Wildman–Crippen LogP) is 2.40. The van der Waals surface area contributed by atoms with Crippen molar-refractivity contribution in [3.8, 4) is 5.75 Å². The predicted molar refractivity (Wildman–Crippen MR) is 101 cm³/mol. The highest BCUT2D eigenvalue weighted by molar-refractivity contribution is 5.89. The van der Waals surface area contributed by atoms with Gasteiger partial charge in [0.1, 0.15) is 5.75 Å². The molecule has 7 nitrogen and oxygen atoms in total. The SMILES string of the molecule is COC(=O)c1ccc(OC(=O)C2CCCc3ccc(N=C(N)N)cc32)cc1. The summed E-state index contributed by atoms with van der Waals surface area (Å²) in [5, 5.41) is 0. The van der Waals surface area contributed by atoms with Gasteiger partial charge in [-0.2, -0.15) is 0 Å². The molecule has 0 saturated carbocycles. The van der Waals surface area contributed by atoms with Crippen LogP contribution in [-0.4, -0.2) is 25.0 Å². The van der Waals surface area contributed by atoms with Crippen LogP contribution in [0.1, 0.15) is 40.2 Å². The molecule has 0 bridgehead atoms. The number of carbonyl (C=O) groups excluding carboxylic acids is 2. The van der Waals surface area contributed by atoms with E-state index >= 15 is 0 Å². The van der Waals surface area contributed by atoms with E-state index in [1.807, 2.05) is 18.2 Å². The Hall–Kier alpha value is -3.35. The van der Waals surface area contributed by atoms with Crippen LogP contribution < -0.4 is 16.2 Å². The van der Waals surface area contributed by atoms with Gasteiger partial charge in [-0.05, 0) is 66.8 Å². The van der Waals surface area contributed by atoms with Crippen LogP contribution in [0.4, 0.5) is 5.69 Å². The van der Waals surface area contributed by atoms with E-state index in [0.717, 1.165) is 24.0 Å². The number of benzene rings is 2. The molecule has 4 N–H and O–H groups in total. The zero-order chi connectivity index (χ0) is 19.4. The van der Waals surface area contributed by atoms with Gasteiger partial charge >= 0.3 is 11.9 Å². The monoisotopic (exact) mass is 367 g/mol. The number of fused-ring (bicyclic) bond motifs is 1. The lowest BCUT2D eigenvalue weighted by Crippen LogP contribution is -2.23. The van der Waals surface area contributed by atoms with Gasteiger partial charge in [-0.3, -0.25) is 4.79 Å². The molecule has 0 aromatic heterocycles. The fourth-order valence-corrected chi connectivity index (χ4v) is 3.21. The second kappa shape index (κ2) is 7.90. The number of hydrogen-bond acceptors (Lipinski definition) is 5. The van der Waals surface area contributed by atoms with Crippen LogP contribution in [0.5, 0.6) is 5.75 Å². The molecule has 7 heteroatoms. The Morgan fingerprint density at radius 1 is 1.11 bits per heavy atom. The number of esters is 2. The Bertz CT molecular complexity index is 887. The molecule has 1 unspecified atom stereocenters. The van der Waals surface area contributed by atoms with Crippen molar-refractivity contribution in [1.82, 2.24) is 0 Å². The smallest absolute Gasteiger partial charge is 0.337 e. The van der Waals surface area contributed by atoms with E-state index in [9.17, 15) is 9.59 Å². The molecule has 0 amide bonds. The highest BCUT2D eigenvalue weighted by Gasteiger charge is 2.28. The summed E-state index contributed by atoms with van der Waals surface area (Å²) in [5.41, 5.74) is 13.9. The molecule has 140 valence electrons. The third kappa shape index (κ3) is 4.25. The molecule has 0 aliphatic heterocycles. The van der Waals surface area contributed by atoms with Crippen LogP contribution in [-0.2, 0) is 16.0 Å². The molecule has 0 heterocycles. The van der Waals surface area contributed by atoms with E-state index in [1.165, 1.54) is 7.11 Å². The van der Waals surface area contributed by atoms with Gasteiger partial charge in [0, 0.05) is 0 Å². The molecule has 27 heavy (non-hydrogen) atoms. The second-order valence-corrected chi connectivity index (χ2v) is 6.30. The van der Waals surface area contributed by atoms with Crippen molar-refractivity contribution in [3.63, 3.8) is 0 Å². The first kappa shape index (κ1) is 18.4. The number of ether oxygens (including phenoxy) is 2. The molecule has 1 aliphatic carbocycles. The maximum absolute atomic E-state index is 12.7. The minimum atomic E-state index is -0.443. The summed E-state index contributed by atoms with van der Waals surface area (Å²) in [4.78, 5) is 28.3. The molecule has 1 aliphatic rings. The summed E-state index contributed by atoms with van der Waals surface area (Å²) < 4.78 is 10.2. The van der Waals surface area contributed by atoms with Gasteiger partial charge in [-0.1, -0.05) is 6.07 Å². The van der Waals surface area contributed by atoms with Gasteiger partial charge in [-0.15, -0.1) is 0 Å². The fourth-order valence-electron chi connectivity index (χ4n) is 3.21. The van der Waals surface area contributed by atoms with Crippen molar-refractivity contribution in [3.05, 3.63) is 59.2 Å². The summed E-state index contributed by atoms with van der Waals surface area (Å²) >= 11 is 0. The van der Waals surface area contributed by atoms with Gasteiger partial charge in [0.05, 0.1) is 24.3 Å². The van der Waals surface area contributed by atoms with Crippen molar-refractivity contribution in [2.24, 2.45) is 16.5 Å². The van der Waals surface area contributed by atoms with E-state index in [0.29, 0.717) is 23.4 Å². The lowest BCUT2D eigenvalue weighted by molar-refractivity contribution is -0.136. The summed E-state index contributed by atoms with van der Waals surface area (Å²) in [7, 11) is 1.31. The lowest BCUT2D eigenvalue weighted by atomic mass is 9.82. The van der Waals surface area contributed by atoms with Crippen LogP contribution in [0.25, 0.3) is 0 Å². The Balaban J connectivity index is 1.80. The Labute approximate surface area is 157 Å². The first-order valence-corrected chi connectivity index (χ1v) is 8.60. The molecule has 0 fully saturated rings. The van der Waals surface area contributed by atoms with Gasteiger partial charge < -0.3 is 20.9 Å². The van der Waals surface area contributed by atoms with Crippen LogP contribution in [0.2, 0.25) is 0 Å². The van der Waals surface area contributed by atoms with Crippen LogP contribution >= 0.6 is 0 Å². The first-order chi connectivity index (χ1) is 13.0. The number of carbonyl (C=O) groups is 2. The number of aryl methyl sites for hydroxylation is 1. The molecule has 3 rings (SSSR count). The minimum absolute atomic E-state index is 0.0319. The third-order valence-electron chi connectivity index (χ3n) is 4.48. The molecular weight excluding hydrogens is 346 g/mol. The van der Waals surface area contributed by atoms with Crippen molar-refractivity contribution < 1.29 is 19.1 Å². The number of rotatable bonds is 4. The van der Waals surface area contributed by atoms with Crippen molar-refractivity contribution in [1.29, 1.82) is 0 Å². The molecule has 2 aromatic rings. The van der Waals surface area contributed by atoms with E-state index < -0.39 is 5.97 Å². The van der Waals surface area contributed by atoms with Crippen LogP contribution in [0.3, 0.4) is 0 Å². The molecule has 0 radical (unpaired) electrons. The maximum Gasteiger partial charge on any atom is 0.337 e. The van der Waals surface area contributed by atoms with Crippen molar-refractivity contribution in [2.75, 3.05) is 7.11 Å². The van der Waals surface area contributed by atoms with E-state index in [-0.39, 0.29) is 17.8 Å². The Morgan fingerprint density at radius 2 is 1.85 bits per heavy atom. The lowest BCUT2D eigenvalue weighted by Gasteiger charge is -2.24. The zero-order valence-electron chi connectivity index (χ0n) is 15.0. The highest BCUT2D eigenvalue weighted by atomic mass is 16.5. The van der Waals surface area contributed by atoms with E-state index in [1.54, 1.807) is 24.3 Å². The number of methoxy groups -OCH3 is 1. The molecule has 1 atom stereocenters. The number of nitrogens with two attached hydrogens (primary N) is 2. The van der Waals surface area contributed by atoms with Gasteiger partial charge in [-0.25, -0.2) is 9.79 Å². The number of aliphatic imine (C=N–C) groups is 1. The number of guanidine groups is 1. The maximum atomic E-state index is 12.7. The quantitative estimate of drug-likeness (QED) is 0.371. The zero-order valence-corrected chi connectivity index (χ0v) is 15.0. The van der Waals surface area contributed by atoms with Crippen molar-refractivity contribution in [2.45, 2.75) is 25.2 Å². The van der Waals surface area contributed by atoms with E-state index in [2.05, 4.69) is 9.73 Å². The average molecular weight is 367 g/mol.